The number of rotatable bonds is 3. The summed E-state index contributed by atoms with van der Waals surface area (Å²) in [6.45, 7) is 1.57. The van der Waals surface area contributed by atoms with E-state index in [0.717, 1.165) is 10.9 Å². The Bertz CT molecular complexity index is 731. The Kier molecular flexibility index (Phi) is 2.76. The number of ketones is 1. The van der Waals surface area contributed by atoms with Gasteiger partial charge in [-0.2, -0.15) is 0 Å². The summed E-state index contributed by atoms with van der Waals surface area (Å²) in [6.07, 6.45) is 1.71. The van der Waals surface area contributed by atoms with Crippen LogP contribution in [0.5, 0.6) is 0 Å². The maximum absolute atomic E-state index is 11.9. The second-order valence-corrected chi connectivity index (χ2v) is 4.32. The zero-order valence-corrected chi connectivity index (χ0v) is 10.5. The molecule has 2 heterocycles. The zero-order chi connectivity index (χ0) is 13.2. The number of para-hydroxylation sites is 1. The third-order valence-corrected chi connectivity index (χ3v) is 2.98. The number of aromatic nitrogens is 2. The van der Waals surface area contributed by atoms with E-state index in [-0.39, 0.29) is 5.78 Å². The number of benzene rings is 1. The van der Waals surface area contributed by atoms with Crippen molar-refractivity contribution in [2.45, 2.75) is 6.92 Å². The first-order chi connectivity index (χ1) is 9.25. The van der Waals surface area contributed by atoms with Crippen LogP contribution in [-0.4, -0.2) is 15.8 Å². The summed E-state index contributed by atoms with van der Waals surface area (Å²) in [5.74, 6) is 1.42. The summed E-state index contributed by atoms with van der Waals surface area (Å²) >= 11 is 0. The number of H-pyrrole nitrogens is 1. The summed E-state index contributed by atoms with van der Waals surface area (Å²) in [5, 5.41) is 4.08. The molecule has 4 nitrogen and oxygen atoms in total. The van der Waals surface area contributed by atoms with Crippen LogP contribution in [0.25, 0.3) is 10.9 Å². The summed E-state index contributed by atoms with van der Waals surface area (Å²) in [7, 11) is 0. The van der Waals surface area contributed by atoms with E-state index in [2.05, 4.69) is 15.3 Å². The van der Waals surface area contributed by atoms with Crippen molar-refractivity contribution in [2.24, 2.45) is 0 Å². The minimum atomic E-state index is 0.0240. The van der Waals surface area contributed by atoms with Gasteiger partial charge in [-0.15, -0.1) is 0 Å². The third-order valence-electron chi connectivity index (χ3n) is 2.98. The van der Waals surface area contributed by atoms with Gasteiger partial charge in [0.25, 0.3) is 0 Å². The average molecular weight is 251 g/mol. The van der Waals surface area contributed by atoms with Crippen LogP contribution in [0, 0.1) is 0 Å². The molecule has 2 N–H and O–H groups in total. The number of hydrogen-bond acceptors (Lipinski definition) is 3. The van der Waals surface area contributed by atoms with E-state index in [9.17, 15) is 4.79 Å². The maximum atomic E-state index is 11.9. The molecule has 0 atom stereocenters. The fraction of sp³-hybridized carbons (Fsp3) is 0.0667. The molecule has 2 aromatic heterocycles. The monoisotopic (exact) mass is 251 g/mol. The predicted molar refractivity (Wildman–Crippen MR) is 75.8 cm³/mol. The van der Waals surface area contributed by atoms with Crippen LogP contribution in [0.15, 0.2) is 48.7 Å². The number of nitrogens with zero attached hydrogens (tertiary/aromatic N) is 1. The molecule has 0 bridgehead atoms. The van der Waals surface area contributed by atoms with Crippen LogP contribution < -0.4 is 5.32 Å². The van der Waals surface area contributed by atoms with Gasteiger partial charge in [-0.3, -0.25) is 4.79 Å². The number of fused-ring (bicyclic) bond motifs is 1. The standard InChI is InChI=1S/C15H13N3O/c1-10(19)14-11-6-2-3-7-12(11)17-15(14)18-13-8-4-5-9-16-13/h2-9,17H,1H3,(H,16,18). The van der Waals surface area contributed by atoms with Crippen molar-refractivity contribution >= 4 is 28.3 Å². The van der Waals surface area contributed by atoms with E-state index < -0.39 is 0 Å². The van der Waals surface area contributed by atoms with Gasteiger partial charge in [-0.05, 0) is 25.1 Å². The van der Waals surface area contributed by atoms with Gasteiger partial charge in [-0.1, -0.05) is 24.3 Å². The first-order valence-corrected chi connectivity index (χ1v) is 6.05. The van der Waals surface area contributed by atoms with Crippen molar-refractivity contribution in [1.82, 2.24) is 9.97 Å². The lowest BCUT2D eigenvalue weighted by molar-refractivity contribution is 0.102. The molecule has 4 heteroatoms. The van der Waals surface area contributed by atoms with Gasteiger partial charge in [0, 0.05) is 17.1 Å². The van der Waals surface area contributed by atoms with Gasteiger partial charge in [0.2, 0.25) is 0 Å². The van der Waals surface area contributed by atoms with Crippen LogP contribution in [0.4, 0.5) is 11.6 Å². The number of carbonyl (C=O) groups is 1. The molecule has 3 aromatic rings. The largest absolute Gasteiger partial charge is 0.341 e. The highest BCUT2D eigenvalue weighted by Gasteiger charge is 2.15. The van der Waals surface area contributed by atoms with Gasteiger partial charge in [0.05, 0.1) is 5.56 Å². The highest BCUT2D eigenvalue weighted by atomic mass is 16.1. The highest BCUT2D eigenvalue weighted by Crippen LogP contribution is 2.28. The summed E-state index contributed by atoms with van der Waals surface area (Å²) < 4.78 is 0. The molecule has 0 fully saturated rings. The van der Waals surface area contributed by atoms with E-state index in [1.807, 2.05) is 42.5 Å². The average Bonchev–Trinajstić information content (AvgIpc) is 2.77. The fourth-order valence-corrected chi connectivity index (χ4v) is 2.17. The molecule has 0 radical (unpaired) electrons. The molecule has 94 valence electrons. The molecule has 0 aliphatic rings. The van der Waals surface area contributed by atoms with E-state index in [1.54, 1.807) is 13.1 Å². The van der Waals surface area contributed by atoms with Gasteiger partial charge < -0.3 is 10.3 Å². The second kappa shape index (κ2) is 4.57. The lowest BCUT2D eigenvalue weighted by Gasteiger charge is -2.04. The van der Waals surface area contributed by atoms with Crippen molar-refractivity contribution in [3.8, 4) is 0 Å². The first-order valence-electron chi connectivity index (χ1n) is 6.05. The number of pyridine rings is 1. The minimum absolute atomic E-state index is 0.0240. The highest BCUT2D eigenvalue weighted by molar-refractivity contribution is 6.12. The third kappa shape index (κ3) is 2.08. The van der Waals surface area contributed by atoms with Gasteiger partial charge >= 0.3 is 0 Å². The normalized spacial score (nSPS) is 10.6. The van der Waals surface area contributed by atoms with Crippen molar-refractivity contribution in [2.75, 3.05) is 5.32 Å². The molecule has 19 heavy (non-hydrogen) atoms. The lowest BCUT2D eigenvalue weighted by atomic mass is 10.1. The quantitative estimate of drug-likeness (QED) is 0.700. The first kappa shape index (κ1) is 11.5. The van der Waals surface area contributed by atoms with Gasteiger partial charge in [0.15, 0.2) is 5.78 Å². The van der Waals surface area contributed by atoms with Crippen LogP contribution in [0.1, 0.15) is 17.3 Å². The SMILES string of the molecule is CC(=O)c1c(Nc2ccccn2)[nH]c2ccccc12. The van der Waals surface area contributed by atoms with Gasteiger partial charge in [-0.25, -0.2) is 4.98 Å². The van der Waals surface area contributed by atoms with Crippen LogP contribution in [0.2, 0.25) is 0 Å². The van der Waals surface area contributed by atoms with Gasteiger partial charge in [0.1, 0.15) is 11.6 Å². The molecule has 0 spiro atoms. The molecule has 0 aliphatic carbocycles. The molecule has 3 rings (SSSR count). The predicted octanol–water partition coefficient (Wildman–Crippen LogP) is 3.51. The summed E-state index contributed by atoms with van der Waals surface area (Å²) in [6, 6.07) is 13.3. The Hall–Kier alpha value is -2.62. The molecule has 1 aromatic carbocycles. The van der Waals surface area contributed by atoms with E-state index in [4.69, 9.17) is 0 Å². The Morgan fingerprint density at radius 2 is 1.95 bits per heavy atom. The molecule has 0 aliphatic heterocycles. The molecular formula is C15H13N3O. The number of carbonyl (C=O) groups excluding carboxylic acids is 1. The van der Waals surface area contributed by atoms with Crippen LogP contribution >= 0.6 is 0 Å². The van der Waals surface area contributed by atoms with Crippen LogP contribution in [0.3, 0.4) is 0 Å². The fourth-order valence-electron chi connectivity index (χ4n) is 2.17. The smallest absolute Gasteiger partial charge is 0.164 e. The Balaban J connectivity index is 2.13. The van der Waals surface area contributed by atoms with E-state index in [1.165, 1.54) is 0 Å². The van der Waals surface area contributed by atoms with E-state index in [0.29, 0.717) is 17.2 Å². The van der Waals surface area contributed by atoms with Crippen molar-refractivity contribution in [1.29, 1.82) is 0 Å². The number of Topliss-reactive ketones (excluding diaryl/α,β-unsaturated/α-hetero) is 1. The molecule has 0 amide bonds. The topological polar surface area (TPSA) is 57.8 Å². The Morgan fingerprint density at radius 1 is 1.16 bits per heavy atom. The summed E-state index contributed by atoms with van der Waals surface area (Å²) in [5.41, 5.74) is 1.60. The number of nitrogens with one attached hydrogen (secondary N) is 2. The zero-order valence-electron chi connectivity index (χ0n) is 10.5. The van der Waals surface area contributed by atoms with E-state index >= 15 is 0 Å². The molecule has 0 unspecified atom stereocenters. The van der Waals surface area contributed by atoms with Crippen molar-refractivity contribution < 1.29 is 4.79 Å². The minimum Gasteiger partial charge on any atom is -0.341 e. The molecule has 0 saturated carbocycles. The lowest BCUT2D eigenvalue weighted by Crippen LogP contribution is -1.99. The Morgan fingerprint density at radius 3 is 2.68 bits per heavy atom. The van der Waals surface area contributed by atoms with Crippen LogP contribution in [-0.2, 0) is 0 Å². The molecular weight excluding hydrogens is 238 g/mol. The number of aromatic amines is 1. The van der Waals surface area contributed by atoms with Crippen molar-refractivity contribution in [3.05, 3.63) is 54.2 Å². The van der Waals surface area contributed by atoms with Crippen molar-refractivity contribution in [3.63, 3.8) is 0 Å². The molecule has 0 saturated heterocycles. The number of anilines is 2. The summed E-state index contributed by atoms with van der Waals surface area (Å²) in [4.78, 5) is 19.3. The Labute approximate surface area is 110 Å². The second-order valence-electron chi connectivity index (χ2n) is 4.32. The number of hydrogen-bond donors (Lipinski definition) is 2. The maximum Gasteiger partial charge on any atom is 0.164 e.